The molecule has 0 unspecified atom stereocenters. The molecule has 0 atom stereocenters. The summed E-state index contributed by atoms with van der Waals surface area (Å²) < 4.78 is 39.0. The van der Waals surface area contributed by atoms with Gasteiger partial charge in [-0.3, -0.25) is 0 Å². The number of nitrogen functional groups attached to an aromatic ring is 1. The molecule has 0 bridgehead atoms. The van der Waals surface area contributed by atoms with Gasteiger partial charge < -0.3 is 10.5 Å². The minimum atomic E-state index is -4.93. The van der Waals surface area contributed by atoms with Gasteiger partial charge in [0.2, 0.25) is 5.88 Å². The molecular formula is C7H3ClF3N3O. The van der Waals surface area contributed by atoms with Gasteiger partial charge in [0.1, 0.15) is 11.6 Å². The molecule has 8 heteroatoms. The first-order chi connectivity index (χ1) is 6.85. The zero-order valence-corrected chi connectivity index (χ0v) is 7.73. The zero-order chi connectivity index (χ0) is 11.6. The second kappa shape index (κ2) is 3.82. The second-order valence-corrected chi connectivity index (χ2v) is 2.77. The van der Waals surface area contributed by atoms with E-state index in [1.165, 1.54) is 6.07 Å². The van der Waals surface area contributed by atoms with Crippen molar-refractivity contribution in [2.45, 2.75) is 6.36 Å². The van der Waals surface area contributed by atoms with E-state index < -0.39 is 17.8 Å². The van der Waals surface area contributed by atoms with E-state index in [9.17, 15) is 13.2 Å². The minimum absolute atomic E-state index is 0.110. The van der Waals surface area contributed by atoms with E-state index >= 15 is 0 Å². The van der Waals surface area contributed by atoms with E-state index in [0.29, 0.717) is 0 Å². The normalized spacial score (nSPS) is 10.9. The van der Waals surface area contributed by atoms with Gasteiger partial charge in [-0.15, -0.1) is 13.2 Å². The Balaban J connectivity index is 3.21. The summed E-state index contributed by atoms with van der Waals surface area (Å²) >= 11 is 5.46. The second-order valence-electron chi connectivity index (χ2n) is 2.36. The highest BCUT2D eigenvalue weighted by Gasteiger charge is 2.33. The smallest absolute Gasteiger partial charge is 0.396 e. The Labute approximate surface area is 87.0 Å². The highest BCUT2D eigenvalue weighted by Crippen LogP contribution is 2.31. The molecule has 0 amide bonds. The molecule has 0 saturated heterocycles. The predicted octanol–water partition coefficient (Wildman–Crippen LogP) is 2.09. The molecule has 0 spiro atoms. The lowest BCUT2D eigenvalue weighted by Gasteiger charge is -2.10. The number of nitrogens with two attached hydrogens (primary N) is 1. The number of nitrogens with zero attached hydrogens (tertiary/aromatic N) is 2. The summed E-state index contributed by atoms with van der Waals surface area (Å²) in [7, 11) is 0. The molecule has 0 aliphatic carbocycles. The van der Waals surface area contributed by atoms with Crippen LogP contribution in [0.15, 0.2) is 6.20 Å². The minimum Gasteiger partial charge on any atom is -0.396 e. The lowest BCUT2D eigenvalue weighted by Crippen LogP contribution is -2.19. The van der Waals surface area contributed by atoms with Crippen LogP contribution in [0.25, 0.3) is 0 Å². The fourth-order valence-corrected chi connectivity index (χ4v) is 0.922. The monoisotopic (exact) mass is 237 g/mol. The summed E-state index contributed by atoms with van der Waals surface area (Å²) in [5.74, 6) is -0.910. The van der Waals surface area contributed by atoms with Crippen molar-refractivity contribution in [1.82, 2.24) is 4.98 Å². The molecule has 0 saturated carbocycles. The number of rotatable bonds is 1. The van der Waals surface area contributed by atoms with Gasteiger partial charge in [-0.05, 0) is 0 Å². The maximum atomic E-state index is 11.8. The van der Waals surface area contributed by atoms with Crippen LogP contribution in [0.2, 0.25) is 5.02 Å². The van der Waals surface area contributed by atoms with Crippen LogP contribution in [0.5, 0.6) is 5.88 Å². The zero-order valence-electron chi connectivity index (χ0n) is 6.97. The molecule has 1 rings (SSSR count). The van der Waals surface area contributed by atoms with Crippen molar-refractivity contribution in [3.63, 3.8) is 0 Å². The quantitative estimate of drug-likeness (QED) is 0.812. The molecule has 0 aromatic carbocycles. The summed E-state index contributed by atoms with van der Waals surface area (Å²) in [5.41, 5.74) is 4.43. The number of nitriles is 1. The van der Waals surface area contributed by atoms with Crippen LogP contribution in [0.3, 0.4) is 0 Å². The molecule has 0 aliphatic heterocycles. The predicted molar refractivity (Wildman–Crippen MR) is 45.1 cm³/mol. The number of ether oxygens (including phenoxy) is 1. The molecule has 0 radical (unpaired) electrons. The topological polar surface area (TPSA) is 71.9 Å². The van der Waals surface area contributed by atoms with Crippen LogP contribution in [-0.4, -0.2) is 11.3 Å². The van der Waals surface area contributed by atoms with Crippen LogP contribution < -0.4 is 10.5 Å². The van der Waals surface area contributed by atoms with Crippen molar-refractivity contribution < 1.29 is 17.9 Å². The van der Waals surface area contributed by atoms with E-state index in [4.69, 9.17) is 22.6 Å². The van der Waals surface area contributed by atoms with Gasteiger partial charge in [-0.25, -0.2) is 4.98 Å². The Hall–Kier alpha value is -1.68. The lowest BCUT2D eigenvalue weighted by atomic mass is 10.2. The maximum Gasteiger partial charge on any atom is 0.574 e. The summed E-state index contributed by atoms with van der Waals surface area (Å²) in [6.07, 6.45) is -4.06. The Morgan fingerprint density at radius 1 is 1.53 bits per heavy atom. The van der Waals surface area contributed by atoms with Crippen LogP contribution >= 0.6 is 11.6 Å². The number of anilines is 1. The van der Waals surface area contributed by atoms with Gasteiger partial charge in [0.25, 0.3) is 0 Å². The average molecular weight is 238 g/mol. The number of aromatic nitrogens is 1. The molecular weight excluding hydrogens is 235 g/mol. The molecule has 1 aromatic rings. The van der Waals surface area contributed by atoms with Gasteiger partial charge in [0.05, 0.1) is 16.9 Å². The molecule has 0 aliphatic rings. The molecule has 1 aromatic heterocycles. The van der Waals surface area contributed by atoms with Crippen molar-refractivity contribution in [2.24, 2.45) is 0 Å². The Morgan fingerprint density at radius 3 is 2.60 bits per heavy atom. The molecule has 80 valence electrons. The summed E-state index contributed by atoms with van der Waals surface area (Å²) in [6.45, 7) is 0. The van der Waals surface area contributed by atoms with E-state index in [1.807, 2.05) is 0 Å². The fourth-order valence-electron chi connectivity index (χ4n) is 0.779. The molecule has 2 N–H and O–H groups in total. The summed E-state index contributed by atoms with van der Waals surface area (Å²) in [4.78, 5) is 3.22. The van der Waals surface area contributed by atoms with Crippen molar-refractivity contribution >= 4 is 17.3 Å². The van der Waals surface area contributed by atoms with Crippen molar-refractivity contribution in [3.05, 3.63) is 16.8 Å². The van der Waals surface area contributed by atoms with E-state index in [-0.39, 0.29) is 10.7 Å². The lowest BCUT2D eigenvalue weighted by molar-refractivity contribution is -0.276. The van der Waals surface area contributed by atoms with Crippen molar-refractivity contribution in [2.75, 3.05) is 5.73 Å². The van der Waals surface area contributed by atoms with Crippen LogP contribution in [0, 0.1) is 11.3 Å². The van der Waals surface area contributed by atoms with E-state index in [1.54, 1.807) is 0 Å². The van der Waals surface area contributed by atoms with Gasteiger partial charge in [0.15, 0.2) is 0 Å². The van der Waals surface area contributed by atoms with Crippen molar-refractivity contribution in [3.8, 4) is 11.9 Å². The number of hydrogen-bond acceptors (Lipinski definition) is 4. The van der Waals surface area contributed by atoms with Crippen LogP contribution in [0.4, 0.5) is 18.9 Å². The van der Waals surface area contributed by atoms with Gasteiger partial charge in [-0.1, -0.05) is 11.6 Å². The Bertz CT molecular complexity index is 427. The number of alkyl halides is 3. The first kappa shape index (κ1) is 11.4. The van der Waals surface area contributed by atoms with Crippen LogP contribution in [-0.2, 0) is 0 Å². The van der Waals surface area contributed by atoms with Gasteiger partial charge >= 0.3 is 6.36 Å². The Kier molecular flexibility index (Phi) is 2.90. The average Bonchev–Trinajstić information content (AvgIpc) is 2.10. The third-order valence-electron chi connectivity index (χ3n) is 1.36. The first-order valence-corrected chi connectivity index (χ1v) is 3.82. The van der Waals surface area contributed by atoms with Crippen LogP contribution in [0.1, 0.15) is 5.56 Å². The summed E-state index contributed by atoms with van der Waals surface area (Å²) in [6, 6.07) is 1.43. The highest BCUT2D eigenvalue weighted by molar-refractivity contribution is 6.33. The maximum absolute atomic E-state index is 11.8. The molecule has 1 heterocycles. The largest absolute Gasteiger partial charge is 0.574 e. The number of halogens is 4. The fraction of sp³-hybridized carbons (Fsp3) is 0.143. The SMILES string of the molecule is N#Cc1c(OC(F)(F)F)ncc(Cl)c1N. The first-order valence-electron chi connectivity index (χ1n) is 3.45. The van der Waals surface area contributed by atoms with Gasteiger partial charge in [-0.2, -0.15) is 5.26 Å². The highest BCUT2D eigenvalue weighted by atomic mass is 35.5. The number of hydrogen-bond donors (Lipinski definition) is 1. The van der Waals surface area contributed by atoms with E-state index in [2.05, 4.69) is 9.72 Å². The number of pyridine rings is 1. The molecule has 4 nitrogen and oxygen atoms in total. The molecule has 0 fully saturated rings. The standard InChI is InChI=1S/C7H3ClF3N3O/c8-4-2-14-6(15-7(9,10)11)3(1-12)5(4)13/h2H,(H2,13,14). The third kappa shape index (κ3) is 2.63. The van der Waals surface area contributed by atoms with Crippen molar-refractivity contribution in [1.29, 1.82) is 5.26 Å². The molecule has 15 heavy (non-hydrogen) atoms. The summed E-state index contributed by atoms with van der Waals surface area (Å²) in [5, 5.41) is 8.43. The Morgan fingerprint density at radius 2 is 2.13 bits per heavy atom. The third-order valence-corrected chi connectivity index (χ3v) is 1.66. The van der Waals surface area contributed by atoms with E-state index in [0.717, 1.165) is 6.20 Å². The van der Waals surface area contributed by atoms with Gasteiger partial charge in [0, 0.05) is 0 Å².